The number of aromatic hydroxyl groups is 1. The Kier molecular flexibility index (Phi) is 3.96. The molecule has 18 heavy (non-hydrogen) atoms. The van der Waals surface area contributed by atoms with Crippen molar-refractivity contribution in [1.82, 2.24) is 5.32 Å². The number of carboxylic acid groups (broad SMARTS) is 1. The lowest BCUT2D eigenvalue weighted by Crippen LogP contribution is -2.49. The lowest BCUT2D eigenvalue weighted by atomic mass is 9.86. The zero-order chi connectivity index (χ0) is 13.9. The van der Waals surface area contributed by atoms with E-state index in [1.807, 2.05) is 0 Å². The van der Waals surface area contributed by atoms with E-state index in [0.717, 1.165) is 0 Å². The average Bonchev–Trinajstić information content (AvgIpc) is 2.24. The SMILES string of the molecule is CC(C)(C)[C@H](NC(=O)c1ccccc1O)C(=O)O. The van der Waals surface area contributed by atoms with E-state index in [2.05, 4.69) is 5.32 Å². The van der Waals surface area contributed by atoms with Gasteiger partial charge in [0.15, 0.2) is 0 Å². The molecule has 1 atom stereocenters. The van der Waals surface area contributed by atoms with Crippen molar-refractivity contribution in [3.63, 3.8) is 0 Å². The maximum absolute atomic E-state index is 11.9. The van der Waals surface area contributed by atoms with Gasteiger partial charge in [-0.3, -0.25) is 4.79 Å². The summed E-state index contributed by atoms with van der Waals surface area (Å²) in [6.45, 7) is 5.16. The fraction of sp³-hybridized carbons (Fsp3) is 0.385. The van der Waals surface area contributed by atoms with E-state index in [-0.39, 0.29) is 11.3 Å². The monoisotopic (exact) mass is 251 g/mol. The lowest BCUT2D eigenvalue weighted by Gasteiger charge is -2.27. The maximum atomic E-state index is 11.9. The molecule has 1 rings (SSSR count). The van der Waals surface area contributed by atoms with Gasteiger partial charge in [-0.2, -0.15) is 0 Å². The molecule has 98 valence electrons. The highest BCUT2D eigenvalue weighted by molar-refractivity contribution is 5.98. The third-order valence-corrected chi connectivity index (χ3v) is 2.54. The molecule has 1 aromatic carbocycles. The van der Waals surface area contributed by atoms with E-state index >= 15 is 0 Å². The number of hydrogen-bond acceptors (Lipinski definition) is 3. The standard InChI is InChI=1S/C13H17NO4/c1-13(2,3)10(12(17)18)14-11(16)8-6-4-5-7-9(8)15/h4-7,10,15H,1-3H3,(H,14,16)(H,17,18)/t10-/m1/s1. The summed E-state index contributed by atoms with van der Waals surface area (Å²) in [6, 6.07) is 4.98. The highest BCUT2D eigenvalue weighted by atomic mass is 16.4. The van der Waals surface area contributed by atoms with Crippen LogP contribution in [0.15, 0.2) is 24.3 Å². The molecule has 0 heterocycles. The number of benzene rings is 1. The van der Waals surface area contributed by atoms with E-state index < -0.39 is 23.3 Å². The Hall–Kier alpha value is -2.04. The first kappa shape index (κ1) is 14.0. The molecule has 0 spiro atoms. The molecular weight excluding hydrogens is 234 g/mol. The minimum Gasteiger partial charge on any atom is -0.507 e. The summed E-state index contributed by atoms with van der Waals surface area (Å²) < 4.78 is 0. The zero-order valence-electron chi connectivity index (χ0n) is 10.6. The Morgan fingerprint density at radius 1 is 1.22 bits per heavy atom. The summed E-state index contributed by atoms with van der Waals surface area (Å²) in [4.78, 5) is 23.0. The molecule has 0 saturated carbocycles. The van der Waals surface area contributed by atoms with Crippen LogP contribution in [0.4, 0.5) is 0 Å². The Labute approximate surface area is 105 Å². The quantitative estimate of drug-likeness (QED) is 0.762. The van der Waals surface area contributed by atoms with Gasteiger partial charge in [0, 0.05) is 0 Å². The second kappa shape index (κ2) is 5.08. The maximum Gasteiger partial charge on any atom is 0.326 e. The Morgan fingerprint density at radius 2 is 1.78 bits per heavy atom. The second-order valence-electron chi connectivity index (χ2n) is 5.13. The van der Waals surface area contributed by atoms with Crippen molar-refractivity contribution in [2.24, 2.45) is 5.41 Å². The zero-order valence-corrected chi connectivity index (χ0v) is 10.6. The van der Waals surface area contributed by atoms with Crippen molar-refractivity contribution in [1.29, 1.82) is 0 Å². The Balaban J connectivity index is 2.93. The van der Waals surface area contributed by atoms with E-state index in [4.69, 9.17) is 5.11 Å². The first-order valence-electron chi connectivity index (χ1n) is 5.55. The minimum atomic E-state index is -1.11. The summed E-state index contributed by atoms with van der Waals surface area (Å²) >= 11 is 0. The van der Waals surface area contributed by atoms with E-state index in [9.17, 15) is 14.7 Å². The number of carboxylic acids is 1. The third-order valence-electron chi connectivity index (χ3n) is 2.54. The smallest absolute Gasteiger partial charge is 0.326 e. The van der Waals surface area contributed by atoms with E-state index in [1.54, 1.807) is 32.9 Å². The summed E-state index contributed by atoms with van der Waals surface area (Å²) in [7, 11) is 0. The number of carbonyl (C=O) groups excluding carboxylic acids is 1. The molecule has 0 fully saturated rings. The van der Waals surface area contributed by atoms with Crippen molar-refractivity contribution in [3.8, 4) is 5.75 Å². The first-order valence-corrected chi connectivity index (χ1v) is 5.55. The highest BCUT2D eigenvalue weighted by Crippen LogP contribution is 2.21. The molecule has 0 radical (unpaired) electrons. The largest absolute Gasteiger partial charge is 0.507 e. The van der Waals surface area contributed by atoms with Gasteiger partial charge >= 0.3 is 5.97 Å². The van der Waals surface area contributed by atoms with Crippen LogP contribution in [-0.2, 0) is 4.79 Å². The van der Waals surface area contributed by atoms with Gasteiger partial charge in [-0.15, -0.1) is 0 Å². The fourth-order valence-electron chi connectivity index (χ4n) is 1.52. The number of rotatable bonds is 3. The molecule has 0 saturated heterocycles. The van der Waals surface area contributed by atoms with Crippen LogP contribution in [0.3, 0.4) is 0 Å². The number of hydrogen-bond donors (Lipinski definition) is 3. The average molecular weight is 251 g/mol. The first-order chi connectivity index (χ1) is 8.23. The van der Waals surface area contributed by atoms with Gasteiger partial charge in [0.2, 0.25) is 0 Å². The number of amides is 1. The van der Waals surface area contributed by atoms with Gasteiger partial charge in [0.1, 0.15) is 11.8 Å². The van der Waals surface area contributed by atoms with Gasteiger partial charge in [-0.1, -0.05) is 32.9 Å². The topological polar surface area (TPSA) is 86.6 Å². The van der Waals surface area contributed by atoms with Crippen LogP contribution in [0.2, 0.25) is 0 Å². The number of nitrogens with one attached hydrogen (secondary N) is 1. The van der Waals surface area contributed by atoms with Crippen LogP contribution in [0.1, 0.15) is 31.1 Å². The van der Waals surface area contributed by atoms with E-state index in [0.29, 0.717) is 0 Å². The normalized spacial score (nSPS) is 12.8. The van der Waals surface area contributed by atoms with Crippen LogP contribution < -0.4 is 5.32 Å². The molecule has 1 aromatic rings. The number of aliphatic carboxylic acids is 1. The van der Waals surface area contributed by atoms with Crippen LogP contribution in [0.25, 0.3) is 0 Å². The van der Waals surface area contributed by atoms with Crippen molar-refractivity contribution >= 4 is 11.9 Å². The van der Waals surface area contributed by atoms with Crippen LogP contribution in [0.5, 0.6) is 5.75 Å². The fourth-order valence-corrected chi connectivity index (χ4v) is 1.52. The molecule has 1 amide bonds. The van der Waals surface area contributed by atoms with E-state index in [1.165, 1.54) is 12.1 Å². The highest BCUT2D eigenvalue weighted by Gasteiger charge is 2.33. The predicted molar refractivity (Wildman–Crippen MR) is 66.5 cm³/mol. The molecule has 5 nitrogen and oxygen atoms in total. The molecular formula is C13H17NO4. The van der Waals surface area contributed by atoms with Gasteiger partial charge in [-0.05, 0) is 17.5 Å². The summed E-state index contributed by atoms with van der Waals surface area (Å²) in [5.74, 6) is -1.88. The molecule has 0 aliphatic heterocycles. The third kappa shape index (κ3) is 3.23. The molecule has 0 aliphatic rings. The molecule has 0 aromatic heterocycles. The second-order valence-corrected chi connectivity index (χ2v) is 5.13. The van der Waals surface area contributed by atoms with Crippen LogP contribution >= 0.6 is 0 Å². The predicted octanol–water partition coefficient (Wildman–Crippen LogP) is 1.62. The van der Waals surface area contributed by atoms with Crippen molar-refractivity contribution in [3.05, 3.63) is 29.8 Å². The van der Waals surface area contributed by atoms with Gasteiger partial charge in [-0.25, -0.2) is 4.79 Å². The van der Waals surface area contributed by atoms with Gasteiger partial charge in [0.25, 0.3) is 5.91 Å². The van der Waals surface area contributed by atoms with Crippen molar-refractivity contribution in [2.75, 3.05) is 0 Å². The van der Waals surface area contributed by atoms with Crippen molar-refractivity contribution < 1.29 is 19.8 Å². The molecule has 0 unspecified atom stereocenters. The molecule has 3 N–H and O–H groups in total. The number of carbonyl (C=O) groups is 2. The summed E-state index contributed by atoms with van der Waals surface area (Å²) in [5.41, 5.74) is -0.556. The summed E-state index contributed by atoms with van der Waals surface area (Å²) in [5, 5.41) is 21.0. The number of phenolic OH excluding ortho intramolecular Hbond substituents is 1. The number of phenols is 1. The van der Waals surface area contributed by atoms with Crippen LogP contribution in [-0.4, -0.2) is 28.1 Å². The minimum absolute atomic E-state index is 0.0630. The Morgan fingerprint density at radius 3 is 2.22 bits per heavy atom. The van der Waals surface area contributed by atoms with Gasteiger partial charge in [0.05, 0.1) is 5.56 Å². The lowest BCUT2D eigenvalue weighted by molar-refractivity contribution is -0.142. The number of para-hydroxylation sites is 1. The summed E-state index contributed by atoms with van der Waals surface area (Å²) in [6.07, 6.45) is 0. The van der Waals surface area contributed by atoms with Crippen molar-refractivity contribution in [2.45, 2.75) is 26.8 Å². The Bertz CT molecular complexity index is 462. The van der Waals surface area contributed by atoms with Crippen LogP contribution in [0, 0.1) is 5.41 Å². The van der Waals surface area contributed by atoms with Gasteiger partial charge < -0.3 is 15.5 Å². The molecule has 0 bridgehead atoms. The molecule has 0 aliphatic carbocycles. The molecule has 5 heteroatoms.